The lowest BCUT2D eigenvalue weighted by Crippen LogP contribution is -2.35. The largest absolute Gasteiger partial charge is 0.452 e. The first-order valence-corrected chi connectivity index (χ1v) is 10.1. The summed E-state index contributed by atoms with van der Waals surface area (Å²) in [6, 6.07) is 11.3. The molecular formula is C20H19N5O5S. The molecule has 0 fully saturated rings. The molecule has 0 saturated heterocycles. The van der Waals surface area contributed by atoms with Crippen molar-refractivity contribution in [2.24, 2.45) is 0 Å². The lowest BCUT2D eigenvalue weighted by Gasteiger charge is -2.22. The molecule has 0 spiro atoms. The Kier molecular flexibility index (Phi) is 6.98. The van der Waals surface area contributed by atoms with Gasteiger partial charge in [0, 0.05) is 18.3 Å². The molecule has 0 aliphatic heterocycles. The number of aryl methyl sites for hydroxylation is 1. The molecular weight excluding hydrogens is 422 g/mol. The molecule has 1 amide bonds. The molecule has 3 rings (SSSR count). The average Bonchev–Trinajstić information content (AvgIpc) is 3.27. The van der Waals surface area contributed by atoms with Gasteiger partial charge in [-0.05, 0) is 49.4 Å². The topological polar surface area (TPSA) is 131 Å². The van der Waals surface area contributed by atoms with Crippen LogP contribution in [0.1, 0.15) is 22.8 Å². The number of aromatic amines is 1. The van der Waals surface area contributed by atoms with Crippen LogP contribution in [0.5, 0.6) is 0 Å². The van der Waals surface area contributed by atoms with Crippen LogP contribution in [0.25, 0.3) is 0 Å². The number of nitro benzene ring substituents is 1. The Bertz CT molecular complexity index is 1100. The van der Waals surface area contributed by atoms with Crippen LogP contribution < -0.4 is 4.90 Å². The Balaban J connectivity index is 1.71. The zero-order valence-corrected chi connectivity index (χ0v) is 17.6. The number of hydrogen-bond acceptors (Lipinski definition) is 8. The number of nitrogens with one attached hydrogen (secondary N) is 1. The number of hydrogen-bond donors (Lipinski definition) is 1. The summed E-state index contributed by atoms with van der Waals surface area (Å²) in [4.78, 5) is 41.6. The lowest BCUT2D eigenvalue weighted by molar-refractivity contribution is -0.387. The van der Waals surface area contributed by atoms with Gasteiger partial charge < -0.3 is 9.64 Å². The van der Waals surface area contributed by atoms with E-state index in [1.165, 1.54) is 23.4 Å². The Hall–Kier alpha value is -3.73. The standard InChI is InChI=1S/C20H19N5O5S/c1-3-24(15-7-5-4-6-13(15)2)18(26)11-30-19(27)14-8-9-17(16(10-14)25(28)29)31-20-21-12-22-23-20/h4-10,12H,3,11H2,1-2H3,(H,21,22,23). The molecule has 0 aliphatic carbocycles. The number of ether oxygens (including phenoxy) is 1. The predicted octanol–water partition coefficient (Wildman–Crippen LogP) is 3.38. The van der Waals surface area contributed by atoms with Crippen LogP contribution in [0.4, 0.5) is 11.4 Å². The fourth-order valence-corrected chi connectivity index (χ4v) is 3.64. The minimum absolute atomic E-state index is 0.0274. The SMILES string of the molecule is CCN(C(=O)COC(=O)c1ccc(Sc2ncn[nH]2)c([N+](=O)[O-])c1)c1ccccc1C. The van der Waals surface area contributed by atoms with Crippen LogP contribution in [0.2, 0.25) is 0 Å². The monoisotopic (exact) mass is 441 g/mol. The number of likely N-dealkylation sites (N-methyl/N-ethyl adjacent to an activating group) is 1. The molecule has 0 aliphatic rings. The Morgan fingerprint density at radius 2 is 2.03 bits per heavy atom. The number of amides is 1. The fourth-order valence-electron chi connectivity index (χ4n) is 2.86. The normalized spacial score (nSPS) is 10.5. The van der Waals surface area contributed by atoms with Gasteiger partial charge in [-0.25, -0.2) is 9.78 Å². The number of rotatable bonds is 8. The minimum atomic E-state index is -0.825. The fraction of sp³-hybridized carbons (Fsp3) is 0.200. The third-order valence-electron chi connectivity index (χ3n) is 4.34. The van der Waals surface area contributed by atoms with Gasteiger partial charge in [0.25, 0.3) is 11.6 Å². The number of nitrogens with zero attached hydrogens (tertiary/aromatic N) is 4. The zero-order valence-electron chi connectivity index (χ0n) is 16.8. The number of benzene rings is 2. The summed E-state index contributed by atoms with van der Waals surface area (Å²) in [6.45, 7) is 3.62. The minimum Gasteiger partial charge on any atom is -0.452 e. The van der Waals surface area contributed by atoms with E-state index in [1.807, 2.05) is 38.1 Å². The van der Waals surface area contributed by atoms with Crippen LogP contribution >= 0.6 is 11.8 Å². The molecule has 0 saturated carbocycles. The summed E-state index contributed by atoms with van der Waals surface area (Å²) in [7, 11) is 0. The van der Waals surface area contributed by atoms with Gasteiger partial charge in [-0.15, -0.1) is 0 Å². The predicted molar refractivity (Wildman–Crippen MR) is 113 cm³/mol. The van der Waals surface area contributed by atoms with E-state index in [4.69, 9.17) is 4.74 Å². The van der Waals surface area contributed by atoms with Gasteiger partial charge in [0.2, 0.25) is 0 Å². The average molecular weight is 441 g/mol. The van der Waals surface area contributed by atoms with E-state index in [0.29, 0.717) is 11.7 Å². The molecule has 1 heterocycles. The Morgan fingerprint density at radius 3 is 2.68 bits per heavy atom. The Morgan fingerprint density at radius 1 is 1.26 bits per heavy atom. The molecule has 3 aromatic rings. The van der Waals surface area contributed by atoms with Gasteiger partial charge in [0.15, 0.2) is 11.8 Å². The quantitative estimate of drug-likeness (QED) is 0.320. The zero-order chi connectivity index (χ0) is 22.4. The van der Waals surface area contributed by atoms with Gasteiger partial charge >= 0.3 is 5.97 Å². The number of anilines is 1. The first-order valence-electron chi connectivity index (χ1n) is 9.25. The molecule has 1 N–H and O–H groups in total. The maximum Gasteiger partial charge on any atom is 0.338 e. The van der Waals surface area contributed by atoms with Gasteiger partial charge in [-0.3, -0.25) is 20.0 Å². The van der Waals surface area contributed by atoms with E-state index in [0.717, 1.165) is 29.1 Å². The summed E-state index contributed by atoms with van der Waals surface area (Å²) < 4.78 is 5.13. The van der Waals surface area contributed by atoms with Crippen molar-refractivity contribution in [2.45, 2.75) is 23.9 Å². The molecule has 10 nitrogen and oxygen atoms in total. The molecule has 2 aromatic carbocycles. The van der Waals surface area contributed by atoms with Crippen molar-refractivity contribution >= 4 is 35.0 Å². The van der Waals surface area contributed by atoms with Crippen molar-refractivity contribution in [3.05, 3.63) is 70.0 Å². The number of esters is 1. The van der Waals surface area contributed by atoms with E-state index in [9.17, 15) is 19.7 Å². The summed E-state index contributed by atoms with van der Waals surface area (Å²) in [5.74, 6) is -1.22. The molecule has 160 valence electrons. The van der Waals surface area contributed by atoms with E-state index >= 15 is 0 Å². The van der Waals surface area contributed by atoms with Crippen LogP contribution in [-0.2, 0) is 9.53 Å². The van der Waals surface area contributed by atoms with Crippen molar-refractivity contribution in [1.82, 2.24) is 15.2 Å². The highest BCUT2D eigenvalue weighted by atomic mass is 32.2. The molecule has 11 heteroatoms. The van der Waals surface area contributed by atoms with E-state index in [2.05, 4.69) is 15.2 Å². The molecule has 31 heavy (non-hydrogen) atoms. The molecule has 1 aromatic heterocycles. The molecule has 0 bridgehead atoms. The highest BCUT2D eigenvalue weighted by Crippen LogP contribution is 2.33. The number of H-pyrrole nitrogens is 1. The third-order valence-corrected chi connectivity index (χ3v) is 5.30. The van der Waals surface area contributed by atoms with Crippen LogP contribution in [0.15, 0.2) is 58.8 Å². The van der Waals surface area contributed by atoms with E-state index in [1.54, 1.807) is 0 Å². The van der Waals surface area contributed by atoms with Crippen molar-refractivity contribution in [2.75, 3.05) is 18.1 Å². The number of nitro groups is 1. The second-order valence-corrected chi connectivity index (χ2v) is 7.36. The van der Waals surface area contributed by atoms with E-state index < -0.39 is 23.4 Å². The van der Waals surface area contributed by atoms with Gasteiger partial charge in [-0.2, -0.15) is 5.10 Å². The second-order valence-electron chi connectivity index (χ2n) is 6.33. The smallest absolute Gasteiger partial charge is 0.338 e. The second kappa shape index (κ2) is 9.85. The number of carbonyl (C=O) groups excluding carboxylic acids is 2. The lowest BCUT2D eigenvalue weighted by atomic mass is 10.2. The van der Waals surface area contributed by atoms with Gasteiger partial charge in [-0.1, -0.05) is 18.2 Å². The van der Waals surface area contributed by atoms with Crippen molar-refractivity contribution in [3.8, 4) is 0 Å². The molecule has 0 unspecified atom stereocenters. The molecule has 0 atom stereocenters. The highest BCUT2D eigenvalue weighted by Gasteiger charge is 2.22. The molecule has 0 radical (unpaired) electrons. The summed E-state index contributed by atoms with van der Waals surface area (Å²) in [5, 5.41) is 18.1. The number of aromatic nitrogens is 3. The third kappa shape index (κ3) is 5.25. The van der Waals surface area contributed by atoms with Crippen molar-refractivity contribution < 1.29 is 19.2 Å². The van der Waals surface area contributed by atoms with Crippen molar-refractivity contribution in [1.29, 1.82) is 0 Å². The van der Waals surface area contributed by atoms with Crippen LogP contribution in [0.3, 0.4) is 0 Å². The summed E-state index contributed by atoms with van der Waals surface area (Å²) in [5.41, 5.74) is 1.34. The first kappa shape index (κ1) is 22.0. The maximum atomic E-state index is 12.6. The van der Waals surface area contributed by atoms with Crippen LogP contribution in [0, 0.1) is 17.0 Å². The van der Waals surface area contributed by atoms with Crippen molar-refractivity contribution in [3.63, 3.8) is 0 Å². The first-order chi connectivity index (χ1) is 14.9. The van der Waals surface area contributed by atoms with Gasteiger partial charge in [0.05, 0.1) is 15.4 Å². The highest BCUT2D eigenvalue weighted by molar-refractivity contribution is 7.99. The Labute approximate surface area is 181 Å². The maximum absolute atomic E-state index is 12.6. The summed E-state index contributed by atoms with van der Waals surface area (Å²) >= 11 is 1.01. The van der Waals surface area contributed by atoms with Gasteiger partial charge in [0.1, 0.15) is 6.33 Å². The van der Waals surface area contributed by atoms with Crippen LogP contribution in [-0.4, -0.2) is 45.1 Å². The number of carbonyl (C=O) groups is 2. The summed E-state index contributed by atoms with van der Waals surface area (Å²) in [6.07, 6.45) is 1.29. The number of para-hydroxylation sites is 1. The van der Waals surface area contributed by atoms with E-state index in [-0.39, 0.29) is 16.1 Å².